The molecule has 1 aliphatic heterocycles. The number of piperazine rings is 1. The highest BCUT2D eigenvalue weighted by molar-refractivity contribution is 5.94. The van der Waals surface area contributed by atoms with Gasteiger partial charge in [0.2, 0.25) is 11.6 Å². The van der Waals surface area contributed by atoms with E-state index in [2.05, 4.69) is 36.8 Å². The molecule has 8 heteroatoms. The first-order valence-electron chi connectivity index (χ1n) is 7.31. The summed E-state index contributed by atoms with van der Waals surface area (Å²) in [5, 5.41) is 4.89. The number of hydrogen-bond donors (Lipinski definition) is 0. The number of likely N-dealkylation sites (N-methyl/N-ethyl adjacent to an activating group) is 1. The second-order valence-electron chi connectivity index (χ2n) is 5.63. The summed E-state index contributed by atoms with van der Waals surface area (Å²) >= 11 is 0. The van der Waals surface area contributed by atoms with E-state index in [0.29, 0.717) is 22.5 Å². The number of benzene rings is 1. The molecule has 0 N–H and O–H groups in total. The average Bonchev–Trinajstić information content (AvgIpc) is 3.04. The molecule has 0 saturated carbocycles. The monoisotopic (exact) mass is 311 g/mol. The van der Waals surface area contributed by atoms with E-state index in [-0.39, 0.29) is 5.69 Å². The number of anilines is 1. The number of fused-ring (bicyclic) bond motifs is 3. The third kappa shape index (κ3) is 2.17. The van der Waals surface area contributed by atoms with E-state index in [4.69, 9.17) is 6.57 Å². The zero-order valence-corrected chi connectivity index (χ0v) is 12.6. The topological polar surface area (TPSA) is 53.9 Å². The van der Waals surface area contributed by atoms with E-state index in [1.165, 1.54) is 18.5 Å². The third-order valence-electron chi connectivity index (χ3n) is 4.17. The minimum absolute atomic E-state index is 0.0310. The van der Waals surface area contributed by atoms with Crippen LogP contribution >= 0.6 is 0 Å². The molecule has 116 valence electrons. The van der Waals surface area contributed by atoms with Gasteiger partial charge in [-0.05, 0) is 19.2 Å². The molecule has 0 radical (unpaired) electrons. The molecule has 0 aliphatic carbocycles. The molecule has 3 aromatic rings. The van der Waals surface area contributed by atoms with Crippen molar-refractivity contribution < 1.29 is 4.39 Å². The van der Waals surface area contributed by atoms with Crippen molar-refractivity contribution >= 4 is 28.2 Å². The van der Waals surface area contributed by atoms with Crippen molar-refractivity contribution in [1.29, 1.82) is 0 Å². The molecule has 0 atom stereocenters. The van der Waals surface area contributed by atoms with Crippen LogP contribution in [-0.2, 0) is 0 Å². The first-order valence-corrected chi connectivity index (χ1v) is 7.31. The van der Waals surface area contributed by atoms with Crippen molar-refractivity contribution in [3.8, 4) is 0 Å². The van der Waals surface area contributed by atoms with E-state index in [1.54, 1.807) is 4.52 Å². The lowest BCUT2D eigenvalue weighted by Gasteiger charge is -2.33. The number of aromatic nitrogens is 4. The summed E-state index contributed by atoms with van der Waals surface area (Å²) in [6, 6.07) is 2.79. The zero-order chi connectivity index (χ0) is 16.0. The average molecular weight is 311 g/mol. The SMILES string of the molecule is [C-]#[N+]c1cc2c(cc1F)nc(N1CCN(C)CC1)n1ncnc21. The maximum Gasteiger partial charge on any atom is 0.229 e. The molecular weight excluding hydrogens is 297 g/mol. The molecule has 4 rings (SSSR count). The first kappa shape index (κ1) is 13.8. The first-order chi connectivity index (χ1) is 11.2. The summed E-state index contributed by atoms with van der Waals surface area (Å²) in [6.45, 7) is 10.6. The van der Waals surface area contributed by atoms with Gasteiger partial charge in [0.1, 0.15) is 12.1 Å². The van der Waals surface area contributed by atoms with Crippen LogP contribution in [0.15, 0.2) is 18.5 Å². The van der Waals surface area contributed by atoms with Gasteiger partial charge < -0.3 is 9.80 Å². The Hall–Kier alpha value is -2.79. The fourth-order valence-corrected chi connectivity index (χ4v) is 2.85. The molecule has 1 aliphatic rings. The fraction of sp³-hybridized carbons (Fsp3) is 0.333. The summed E-state index contributed by atoms with van der Waals surface area (Å²) < 4.78 is 15.6. The molecule has 1 saturated heterocycles. The molecule has 3 heterocycles. The molecule has 1 fully saturated rings. The van der Waals surface area contributed by atoms with Gasteiger partial charge in [0, 0.05) is 31.6 Å². The van der Waals surface area contributed by atoms with Gasteiger partial charge in [0.15, 0.2) is 5.65 Å². The van der Waals surface area contributed by atoms with Crippen LogP contribution < -0.4 is 4.90 Å². The van der Waals surface area contributed by atoms with Crippen LogP contribution in [0, 0.1) is 12.4 Å². The fourth-order valence-electron chi connectivity index (χ4n) is 2.85. The molecule has 1 aromatic carbocycles. The Morgan fingerprint density at radius 3 is 2.74 bits per heavy atom. The van der Waals surface area contributed by atoms with Gasteiger partial charge >= 0.3 is 0 Å². The molecular formula is C15H14FN7. The van der Waals surface area contributed by atoms with E-state index < -0.39 is 5.82 Å². The van der Waals surface area contributed by atoms with E-state index >= 15 is 0 Å². The molecule has 0 spiro atoms. The standard InChI is InChI=1S/C15H14FN7/c1-17-13-7-10-12(8-11(13)16)20-15(23-14(10)18-9-19-23)22-5-3-21(2)4-6-22/h7-9H,3-6H2,2H3. The molecule has 23 heavy (non-hydrogen) atoms. The van der Waals surface area contributed by atoms with Crippen molar-refractivity contribution in [3.05, 3.63) is 35.7 Å². The maximum atomic E-state index is 14.0. The lowest BCUT2D eigenvalue weighted by atomic mass is 10.2. The predicted octanol–water partition coefficient (Wildman–Crippen LogP) is 1.72. The molecule has 0 amide bonds. The molecule has 2 aromatic heterocycles. The normalized spacial score (nSPS) is 16.1. The van der Waals surface area contributed by atoms with Gasteiger partial charge in [0.25, 0.3) is 0 Å². The van der Waals surface area contributed by atoms with Crippen molar-refractivity contribution in [2.75, 3.05) is 38.1 Å². The van der Waals surface area contributed by atoms with Gasteiger partial charge in [-0.15, -0.1) is 0 Å². The van der Waals surface area contributed by atoms with E-state index in [0.717, 1.165) is 26.2 Å². The lowest BCUT2D eigenvalue weighted by Crippen LogP contribution is -2.45. The van der Waals surface area contributed by atoms with E-state index in [9.17, 15) is 4.39 Å². The van der Waals surface area contributed by atoms with Gasteiger partial charge in [-0.2, -0.15) is 9.61 Å². The lowest BCUT2D eigenvalue weighted by molar-refractivity contribution is 0.310. The summed E-state index contributed by atoms with van der Waals surface area (Å²) in [4.78, 5) is 16.4. The number of hydrogen-bond acceptors (Lipinski definition) is 5. The highest BCUT2D eigenvalue weighted by Gasteiger charge is 2.21. The van der Waals surface area contributed by atoms with Crippen molar-refractivity contribution in [2.45, 2.75) is 0 Å². The zero-order valence-electron chi connectivity index (χ0n) is 12.6. The smallest absolute Gasteiger partial charge is 0.229 e. The Bertz CT molecular complexity index is 934. The van der Waals surface area contributed by atoms with E-state index in [1.807, 2.05) is 0 Å². The Balaban J connectivity index is 1.94. The number of halogens is 1. The van der Waals surface area contributed by atoms with Crippen LogP contribution in [0.1, 0.15) is 0 Å². The number of rotatable bonds is 1. The van der Waals surface area contributed by atoms with Gasteiger partial charge in [-0.1, -0.05) is 0 Å². The van der Waals surface area contributed by atoms with Crippen molar-refractivity contribution in [3.63, 3.8) is 0 Å². The number of nitrogens with zero attached hydrogens (tertiary/aromatic N) is 7. The summed E-state index contributed by atoms with van der Waals surface area (Å²) in [5.74, 6) is 0.0984. The molecule has 0 unspecified atom stereocenters. The van der Waals surface area contributed by atoms with Gasteiger partial charge in [0.05, 0.1) is 12.1 Å². The Morgan fingerprint density at radius 2 is 2.00 bits per heavy atom. The summed E-state index contributed by atoms with van der Waals surface area (Å²) in [7, 11) is 2.08. The minimum atomic E-state index is -0.562. The maximum absolute atomic E-state index is 14.0. The molecule has 7 nitrogen and oxygen atoms in total. The Morgan fingerprint density at radius 1 is 1.22 bits per heavy atom. The van der Waals surface area contributed by atoms with Crippen LogP contribution in [0.5, 0.6) is 0 Å². The second kappa shape index (κ2) is 5.14. The second-order valence-corrected chi connectivity index (χ2v) is 5.63. The van der Waals surface area contributed by atoms with Crippen molar-refractivity contribution in [2.24, 2.45) is 0 Å². The Labute approximate surface area is 131 Å². The van der Waals surface area contributed by atoms with Crippen molar-refractivity contribution in [1.82, 2.24) is 24.5 Å². The summed E-state index contributed by atoms with van der Waals surface area (Å²) in [5.41, 5.74) is 1.05. The molecule has 0 bridgehead atoms. The van der Waals surface area contributed by atoms with Gasteiger partial charge in [-0.25, -0.2) is 19.2 Å². The third-order valence-corrected chi connectivity index (χ3v) is 4.17. The largest absolute Gasteiger partial charge is 0.338 e. The predicted molar refractivity (Wildman–Crippen MR) is 84.2 cm³/mol. The Kier molecular flexibility index (Phi) is 3.09. The van der Waals surface area contributed by atoms with Crippen LogP contribution in [0.3, 0.4) is 0 Å². The quantitative estimate of drug-likeness (QED) is 0.641. The summed E-state index contributed by atoms with van der Waals surface area (Å²) in [6.07, 6.45) is 1.46. The van der Waals surface area contributed by atoms with Crippen LogP contribution in [-0.4, -0.2) is 57.7 Å². The minimum Gasteiger partial charge on any atom is -0.338 e. The highest BCUT2D eigenvalue weighted by Crippen LogP contribution is 2.28. The van der Waals surface area contributed by atoms with Crippen LogP contribution in [0.25, 0.3) is 21.4 Å². The highest BCUT2D eigenvalue weighted by atomic mass is 19.1. The van der Waals surface area contributed by atoms with Gasteiger partial charge in [-0.3, -0.25) is 0 Å². The van der Waals surface area contributed by atoms with Crippen LogP contribution in [0.2, 0.25) is 0 Å². The van der Waals surface area contributed by atoms with Crippen LogP contribution in [0.4, 0.5) is 16.0 Å².